The van der Waals surface area contributed by atoms with Crippen LogP contribution in [-0.2, 0) is 9.47 Å². The molecule has 0 aliphatic carbocycles. The van der Waals surface area contributed by atoms with Gasteiger partial charge in [-0.25, -0.2) is 4.99 Å². The van der Waals surface area contributed by atoms with Crippen LogP contribution in [0.15, 0.2) is 71.9 Å². The van der Waals surface area contributed by atoms with Gasteiger partial charge >= 0.3 is 0 Å². The van der Waals surface area contributed by atoms with E-state index in [2.05, 4.69) is 5.43 Å². The Bertz CT molecular complexity index is 1490. The molecule has 3 aromatic carbocycles. The summed E-state index contributed by atoms with van der Waals surface area (Å²) in [5.41, 5.74) is 5.12. The summed E-state index contributed by atoms with van der Waals surface area (Å²) in [5.74, 6) is 1.51. The van der Waals surface area contributed by atoms with E-state index in [1.165, 1.54) is 12.1 Å². The molecule has 0 bridgehead atoms. The molecule has 0 fully saturated rings. The molecule has 1 aliphatic rings. The third kappa shape index (κ3) is 9.75. The number of nitrogens with one attached hydrogen (secondary N) is 1. The Morgan fingerprint density at radius 1 is 0.696 bits per heavy atom. The van der Waals surface area contributed by atoms with Crippen LogP contribution in [0.5, 0.6) is 28.7 Å². The van der Waals surface area contributed by atoms with Gasteiger partial charge < -0.3 is 44.1 Å². The minimum atomic E-state index is -0.826. The van der Waals surface area contributed by atoms with E-state index in [1.807, 2.05) is 52.0 Å². The number of aliphatic hydroxyl groups excluding tert-OH is 2. The van der Waals surface area contributed by atoms with E-state index in [9.17, 15) is 20.4 Å². The molecule has 0 saturated carbocycles. The van der Waals surface area contributed by atoms with Crippen LogP contribution in [0, 0.1) is 0 Å². The number of ether oxygens (including phenoxy) is 5. The molecule has 0 aromatic heterocycles. The molecule has 2 atom stereocenters. The quantitative estimate of drug-likeness (QED) is 0.153. The number of hydrazine groups is 1. The summed E-state index contributed by atoms with van der Waals surface area (Å²) in [6.07, 6.45) is 0.0349. The van der Waals surface area contributed by atoms with Gasteiger partial charge in [-0.15, -0.1) is 0 Å². The van der Waals surface area contributed by atoms with Gasteiger partial charge in [-0.3, -0.25) is 10.4 Å². The Labute approximate surface area is 269 Å². The lowest BCUT2D eigenvalue weighted by atomic mass is 10.1. The smallest absolute Gasteiger partial charge is 0.156 e. The minimum Gasteiger partial charge on any atom is -0.507 e. The number of methoxy groups -OCH3 is 1. The average molecular weight is 638 g/mol. The van der Waals surface area contributed by atoms with Gasteiger partial charge in [-0.05, 0) is 76.2 Å². The molecule has 46 heavy (non-hydrogen) atoms. The second-order valence-electron chi connectivity index (χ2n) is 11.2. The maximum absolute atomic E-state index is 11.0. The molecule has 0 amide bonds. The van der Waals surface area contributed by atoms with Gasteiger partial charge in [-0.2, -0.15) is 0 Å². The van der Waals surface area contributed by atoms with Crippen molar-refractivity contribution < 1.29 is 44.1 Å². The average Bonchev–Trinajstić information content (AvgIpc) is 3.04. The lowest BCUT2D eigenvalue weighted by Gasteiger charge is -2.29. The van der Waals surface area contributed by atoms with Crippen molar-refractivity contribution in [1.82, 2.24) is 5.43 Å². The molecular formula is C34H43N3O9. The van der Waals surface area contributed by atoms with Crippen molar-refractivity contribution in [2.75, 3.05) is 38.5 Å². The second-order valence-corrected chi connectivity index (χ2v) is 11.2. The summed E-state index contributed by atoms with van der Waals surface area (Å²) in [7, 11) is 1.59. The highest BCUT2D eigenvalue weighted by Gasteiger charge is 2.22. The Morgan fingerprint density at radius 2 is 1.20 bits per heavy atom. The van der Waals surface area contributed by atoms with E-state index in [0.29, 0.717) is 39.9 Å². The van der Waals surface area contributed by atoms with Crippen molar-refractivity contribution in [3.05, 3.63) is 78.0 Å². The number of aromatic hydroxyl groups is 2. The van der Waals surface area contributed by atoms with Crippen LogP contribution in [-0.4, -0.2) is 84.2 Å². The largest absolute Gasteiger partial charge is 0.507 e. The standard InChI is InChI=1S/C34H43N3O9/c1-21(2)43-17-24(38)19-45-27-10-12-29(32(40)14-27)31-16-37(23-6-8-26(42-5)9-7-23)36-34(35-31)30-13-11-28(15-33(30)41)46-20-25(39)18-44-22(3)4/h6-16,21-22,24-25,38-41H,17-20H2,1-5H3,(H,35,36). The number of phenols is 2. The highest BCUT2D eigenvalue weighted by Crippen LogP contribution is 2.34. The van der Waals surface area contributed by atoms with Crippen molar-refractivity contribution in [2.24, 2.45) is 4.99 Å². The molecule has 3 aromatic rings. The van der Waals surface area contributed by atoms with Crippen LogP contribution >= 0.6 is 0 Å². The summed E-state index contributed by atoms with van der Waals surface area (Å²) in [5, 5.41) is 44.0. The first kappa shape index (κ1) is 34.4. The zero-order valence-corrected chi connectivity index (χ0v) is 26.7. The summed E-state index contributed by atoms with van der Waals surface area (Å²) in [6, 6.07) is 16.8. The number of aliphatic hydroxyl groups is 2. The van der Waals surface area contributed by atoms with E-state index < -0.39 is 12.2 Å². The second kappa shape index (κ2) is 16.2. The van der Waals surface area contributed by atoms with Gasteiger partial charge in [0.25, 0.3) is 0 Å². The Hall–Kier alpha value is -4.49. The number of anilines is 1. The van der Waals surface area contributed by atoms with E-state index >= 15 is 0 Å². The predicted molar refractivity (Wildman–Crippen MR) is 175 cm³/mol. The molecule has 5 N–H and O–H groups in total. The number of amidine groups is 1. The molecule has 12 nitrogen and oxygen atoms in total. The third-order valence-corrected chi connectivity index (χ3v) is 6.66. The predicted octanol–water partition coefficient (Wildman–Crippen LogP) is 4.21. The SMILES string of the molecule is COc1ccc(N2C=C(c3ccc(OCC(O)COC(C)C)cc3O)N=C(c3ccc(OCC(O)COC(C)C)cc3O)N2)cc1. The lowest BCUT2D eigenvalue weighted by Crippen LogP contribution is -2.41. The highest BCUT2D eigenvalue weighted by molar-refractivity contribution is 6.06. The van der Waals surface area contributed by atoms with Crippen molar-refractivity contribution in [3.8, 4) is 28.7 Å². The molecule has 4 rings (SSSR count). The molecule has 1 heterocycles. The number of hydrogen-bond donors (Lipinski definition) is 5. The van der Waals surface area contributed by atoms with Crippen molar-refractivity contribution >= 4 is 17.2 Å². The van der Waals surface area contributed by atoms with E-state index in [1.54, 1.807) is 42.6 Å². The first-order valence-electron chi connectivity index (χ1n) is 15.0. The zero-order valence-electron chi connectivity index (χ0n) is 26.7. The first-order chi connectivity index (χ1) is 22.0. The highest BCUT2D eigenvalue weighted by atomic mass is 16.5. The van der Waals surface area contributed by atoms with Crippen LogP contribution in [0.4, 0.5) is 5.69 Å². The molecule has 12 heteroatoms. The zero-order chi connectivity index (χ0) is 33.2. The first-order valence-corrected chi connectivity index (χ1v) is 15.0. The van der Waals surface area contributed by atoms with Gasteiger partial charge in [-0.1, -0.05) is 0 Å². The molecule has 0 saturated heterocycles. The molecule has 2 unspecified atom stereocenters. The van der Waals surface area contributed by atoms with E-state index in [4.69, 9.17) is 28.7 Å². The summed E-state index contributed by atoms with van der Waals surface area (Å²) in [6.45, 7) is 7.78. The topological polar surface area (TPSA) is 155 Å². The van der Waals surface area contributed by atoms with Crippen LogP contribution in [0.3, 0.4) is 0 Å². The van der Waals surface area contributed by atoms with Crippen molar-refractivity contribution in [1.29, 1.82) is 0 Å². The molecular weight excluding hydrogens is 594 g/mol. The number of benzene rings is 3. The maximum Gasteiger partial charge on any atom is 0.156 e. The fourth-order valence-electron chi connectivity index (χ4n) is 4.28. The van der Waals surface area contributed by atoms with Crippen LogP contribution < -0.4 is 24.6 Å². The fourth-order valence-corrected chi connectivity index (χ4v) is 4.28. The number of phenolic OH excluding ortho intramolecular Hbond substituents is 2. The Morgan fingerprint density at radius 3 is 1.67 bits per heavy atom. The Kier molecular flexibility index (Phi) is 12.1. The number of aliphatic imine (C=N–C) groups is 1. The Balaban J connectivity index is 1.57. The number of nitrogens with zero attached hydrogens (tertiary/aromatic N) is 2. The maximum atomic E-state index is 11.0. The molecule has 1 aliphatic heterocycles. The van der Waals surface area contributed by atoms with Crippen LogP contribution in [0.2, 0.25) is 0 Å². The van der Waals surface area contributed by atoms with Gasteiger partial charge in [0.1, 0.15) is 54.2 Å². The summed E-state index contributed by atoms with van der Waals surface area (Å²) >= 11 is 0. The summed E-state index contributed by atoms with van der Waals surface area (Å²) < 4.78 is 27.4. The lowest BCUT2D eigenvalue weighted by molar-refractivity contribution is -0.0123. The van der Waals surface area contributed by atoms with Crippen molar-refractivity contribution in [2.45, 2.75) is 52.1 Å². The van der Waals surface area contributed by atoms with Crippen LogP contribution in [0.1, 0.15) is 38.8 Å². The van der Waals surface area contributed by atoms with E-state index in [-0.39, 0.29) is 50.1 Å². The third-order valence-electron chi connectivity index (χ3n) is 6.66. The van der Waals surface area contributed by atoms with Gasteiger partial charge in [0.2, 0.25) is 0 Å². The normalized spacial score (nSPS) is 14.4. The number of rotatable bonds is 16. The van der Waals surface area contributed by atoms with Gasteiger partial charge in [0.15, 0.2) is 5.84 Å². The van der Waals surface area contributed by atoms with Gasteiger partial charge in [0.05, 0.1) is 55.7 Å². The van der Waals surface area contributed by atoms with Crippen LogP contribution in [0.25, 0.3) is 5.70 Å². The van der Waals surface area contributed by atoms with Crippen molar-refractivity contribution in [3.63, 3.8) is 0 Å². The van der Waals surface area contributed by atoms with Gasteiger partial charge in [0, 0.05) is 17.7 Å². The number of hydrogen-bond acceptors (Lipinski definition) is 12. The summed E-state index contributed by atoms with van der Waals surface area (Å²) in [4.78, 5) is 4.73. The monoisotopic (exact) mass is 637 g/mol. The van der Waals surface area contributed by atoms with E-state index in [0.717, 1.165) is 5.69 Å². The molecule has 0 radical (unpaired) electrons. The minimum absolute atomic E-state index is 0.00462. The molecule has 248 valence electrons. The molecule has 0 spiro atoms. The fraction of sp³-hybridized carbons (Fsp3) is 0.382.